The molecule has 2 aliphatic rings. The third-order valence-corrected chi connectivity index (χ3v) is 6.03. The van der Waals surface area contributed by atoms with Crippen LogP contribution in [0.4, 0.5) is 5.69 Å². The van der Waals surface area contributed by atoms with Gasteiger partial charge in [0, 0.05) is 65.5 Å². The van der Waals surface area contributed by atoms with E-state index in [1.165, 1.54) is 0 Å². The number of carbonyl (C=O) groups excluding carboxylic acids is 1. The SMILES string of the molecule is O=C1NCCc2[nH]c(-c3ccnc(/C=C/c4c(Cl)cccc4N4CCOCC4)c3)cc21. The van der Waals surface area contributed by atoms with Gasteiger partial charge in [-0.3, -0.25) is 9.78 Å². The maximum atomic E-state index is 12.1. The number of H-pyrrole nitrogens is 1. The Hall–Kier alpha value is -3.09. The Bertz CT molecular complexity index is 1150. The molecule has 6 nitrogen and oxygen atoms in total. The zero-order chi connectivity index (χ0) is 21.2. The van der Waals surface area contributed by atoms with E-state index in [2.05, 4.69) is 26.3 Å². The number of morpholine rings is 1. The van der Waals surface area contributed by atoms with Gasteiger partial charge in [0.25, 0.3) is 5.91 Å². The van der Waals surface area contributed by atoms with E-state index in [9.17, 15) is 4.79 Å². The Kier molecular flexibility index (Phi) is 5.49. The molecular formula is C24H23ClN4O2. The summed E-state index contributed by atoms with van der Waals surface area (Å²) >= 11 is 6.54. The predicted molar refractivity (Wildman–Crippen MR) is 123 cm³/mol. The van der Waals surface area contributed by atoms with Gasteiger partial charge in [0.1, 0.15) is 0 Å². The lowest BCUT2D eigenvalue weighted by Gasteiger charge is -2.30. The molecule has 0 unspecified atom stereocenters. The monoisotopic (exact) mass is 434 g/mol. The summed E-state index contributed by atoms with van der Waals surface area (Å²) in [7, 11) is 0. The van der Waals surface area contributed by atoms with Crippen LogP contribution >= 0.6 is 11.6 Å². The van der Waals surface area contributed by atoms with Crippen molar-refractivity contribution >= 4 is 35.3 Å². The first-order chi connectivity index (χ1) is 15.2. The van der Waals surface area contributed by atoms with Crippen LogP contribution < -0.4 is 10.2 Å². The molecule has 0 aliphatic carbocycles. The van der Waals surface area contributed by atoms with Crippen molar-refractivity contribution in [3.05, 3.63) is 70.1 Å². The number of nitrogens with one attached hydrogen (secondary N) is 2. The molecule has 2 aliphatic heterocycles. The fourth-order valence-corrected chi connectivity index (χ4v) is 4.33. The van der Waals surface area contributed by atoms with Crippen molar-refractivity contribution < 1.29 is 9.53 Å². The molecule has 4 heterocycles. The molecule has 1 amide bonds. The van der Waals surface area contributed by atoms with Gasteiger partial charge < -0.3 is 19.9 Å². The van der Waals surface area contributed by atoms with Crippen LogP contribution in [0.2, 0.25) is 5.02 Å². The van der Waals surface area contributed by atoms with Crippen molar-refractivity contribution in [2.45, 2.75) is 6.42 Å². The van der Waals surface area contributed by atoms with Crippen LogP contribution in [-0.4, -0.2) is 48.7 Å². The molecule has 158 valence electrons. The highest BCUT2D eigenvalue weighted by molar-refractivity contribution is 6.32. The van der Waals surface area contributed by atoms with Crippen LogP contribution in [-0.2, 0) is 11.2 Å². The molecule has 2 aromatic heterocycles. The van der Waals surface area contributed by atoms with Crippen molar-refractivity contribution in [1.82, 2.24) is 15.3 Å². The molecule has 2 N–H and O–H groups in total. The molecule has 1 aromatic carbocycles. The molecule has 1 fully saturated rings. The van der Waals surface area contributed by atoms with Crippen molar-refractivity contribution in [3.63, 3.8) is 0 Å². The fraction of sp³-hybridized carbons (Fsp3) is 0.250. The highest BCUT2D eigenvalue weighted by atomic mass is 35.5. The molecule has 0 bridgehead atoms. The summed E-state index contributed by atoms with van der Waals surface area (Å²) in [6.45, 7) is 3.80. The van der Waals surface area contributed by atoms with Crippen LogP contribution in [0.15, 0.2) is 42.6 Å². The Balaban J connectivity index is 1.44. The van der Waals surface area contributed by atoms with Gasteiger partial charge >= 0.3 is 0 Å². The number of hydrogen-bond donors (Lipinski definition) is 2. The van der Waals surface area contributed by atoms with Crippen LogP contribution in [0.25, 0.3) is 23.4 Å². The summed E-state index contributed by atoms with van der Waals surface area (Å²) in [5.74, 6) is -0.0210. The summed E-state index contributed by atoms with van der Waals surface area (Å²) < 4.78 is 5.48. The Morgan fingerprint density at radius 3 is 2.84 bits per heavy atom. The molecule has 0 saturated carbocycles. The minimum Gasteiger partial charge on any atom is -0.378 e. The third-order valence-electron chi connectivity index (χ3n) is 5.70. The van der Waals surface area contributed by atoms with Crippen molar-refractivity contribution in [2.24, 2.45) is 0 Å². The van der Waals surface area contributed by atoms with Gasteiger partial charge in [-0.1, -0.05) is 17.7 Å². The number of nitrogens with zero attached hydrogens (tertiary/aromatic N) is 2. The lowest BCUT2D eigenvalue weighted by molar-refractivity contribution is 0.0946. The molecule has 0 spiro atoms. The molecular weight excluding hydrogens is 412 g/mol. The molecule has 0 radical (unpaired) electrons. The average Bonchev–Trinajstić information content (AvgIpc) is 3.25. The Labute approximate surface area is 185 Å². The number of carbonyl (C=O) groups is 1. The number of aromatic amines is 1. The van der Waals surface area contributed by atoms with Gasteiger partial charge in [0.2, 0.25) is 0 Å². The number of anilines is 1. The van der Waals surface area contributed by atoms with Crippen LogP contribution in [0.1, 0.15) is 27.3 Å². The first kappa shape index (κ1) is 19.8. The highest BCUT2D eigenvalue weighted by Crippen LogP contribution is 2.30. The average molecular weight is 435 g/mol. The van der Waals surface area contributed by atoms with E-state index in [1.807, 2.05) is 42.5 Å². The largest absolute Gasteiger partial charge is 0.378 e. The number of hydrogen-bond acceptors (Lipinski definition) is 4. The van der Waals surface area contributed by atoms with E-state index in [0.29, 0.717) is 11.6 Å². The number of rotatable bonds is 4. The van der Waals surface area contributed by atoms with Crippen LogP contribution in [0.3, 0.4) is 0 Å². The topological polar surface area (TPSA) is 70.2 Å². The number of amides is 1. The highest BCUT2D eigenvalue weighted by Gasteiger charge is 2.20. The number of benzene rings is 1. The quantitative estimate of drug-likeness (QED) is 0.650. The minimum absolute atomic E-state index is 0.0210. The van der Waals surface area contributed by atoms with E-state index >= 15 is 0 Å². The van der Waals surface area contributed by atoms with E-state index in [0.717, 1.165) is 72.2 Å². The summed E-state index contributed by atoms with van der Waals surface area (Å²) in [5, 5.41) is 3.59. The van der Waals surface area contributed by atoms with E-state index in [1.54, 1.807) is 6.20 Å². The van der Waals surface area contributed by atoms with E-state index < -0.39 is 0 Å². The van der Waals surface area contributed by atoms with Gasteiger partial charge in [0.15, 0.2) is 0 Å². The lowest BCUT2D eigenvalue weighted by Crippen LogP contribution is -2.36. The Morgan fingerprint density at radius 1 is 1.13 bits per heavy atom. The second-order valence-corrected chi connectivity index (χ2v) is 8.06. The standard InChI is InChI=1S/C24H23ClN4O2/c25-20-2-1-3-23(29-10-12-31-13-11-29)18(20)5-4-17-14-16(6-8-26-17)22-15-19-21(28-22)7-9-27-24(19)30/h1-6,8,14-15,28H,7,9-13H2,(H,27,30)/b5-4+. The number of pyridine rings is 1. The zero-order valence-corrected chi connectivity index (χ0v) is 17.8. The van der Waals surface area contributed by atoms with Gasteiger partial charge in [-0.15, -0.1) is 0 Å². The predicted octanol–water partition coefficient (Wildman–Crippen LogP) is 4.02. The maximum absolute atomic E-state index is 12.1. The summed E-state index contributed by atoms with van der Waals surface area (Å²) in [6, 6.07) is 11.8. The molecule has 1 saturated heterocycles. The second-order valence-electron chi connectivity index (χ2n) is 7.66. The lowest BCUT2D eigenvalue weighted by atomic mass is 10.1. The minimum atomic E-state index is -0.0210. The smallest absolute Gasteiger partial charge is 0.253 e. The summed E-state index contributed by atoms with van der Waals surface area (Å²) in [6.07, 6.45) is 6.59. The fourth-order valence-electron chi connectivity index (χ4n) is 4.10. The molecule has 3 aromatic rings. The molecule has 7 heteroatoms. The first-order valence-electron chi connectivity index (χ1n) is 10.4. The first-order valence-corrected chi connectivity index (χ1v) is 10.8. The number of ether oxygens (including phenoxy) is 1. The van der Waals surface area contributed by atoms with Gasteiger partial charge in [0.05, 0.1) is 24.5 Å². The van der Waals surface area contributed by atoms with E-state index in [-0.39, 0.29) is 5.91 Å². The number of aromatic nitrogens is 2. The Morgan fingerprint density at radius 2 is 2.00 bits per heavy atom. The maximum Gasteiger partial charge on any atom is 0.253 e. The molecule has 31 heavy (non-hydrogen) atoms. The second kappa shape index (κ2) is 8.57. The number of fused-ring (bicyclic) bond motifs is 1. The third kappa shape index (κ3) is 4.09. The van der Waals surface area contributed by atoms with Gasteiger partial charge in [-0.2, -0.15) is 0 Å². The molecule has 5 rings (SSSR count). The zero-order valence-electron chi connectivity index (χ0n) is 17.0. The van der Waals surface area contributed by atoms with Crippen LogP contribution in [0.5, 0.6) is 0 Å². The van der Waals surface area contributed by atoms with Crippen molar-refractivity contribution in [1.29, 1.82) is 0 Å². The van der Waals surface area contributed by atoms with E-state index in [4.69, 9.17) is 16.3 Å². The van der Waals surface area contributed by atoms with Gasteiger partial charge in [-0.25, -0.2) is 0 Å². The van der Waals surface area contributed by atoms with Gasteiger partial charge in [-0.05, 0) is 42.5 Å². The van der Waals surface area contributed by atoms with Crippen molar-refractivity contribution in [3.8, 4) is 11.3 Å². The summed E-state index contributed by atoms with van der Waals surface area (Å²) in [4.78, 5) is 22.3. The normalized spacial score (nSPS) is 16.4. The summed E-state index contributed by atoms with van der Waals surface area (Å²) in [5.41, 5.74) is 6.52. The number of halogens is 1. The van der Waals surface area contributed by atoms with Crippen molar-refractivity contribution in [2.75, 3.05) is 37.7 Å². The van der Waals surface area contributed by atoms with Crippen LogP contribution in [0, 0.1) is 0 Å². The molecule has 0 atom stereocenters.